The molecule has 0 spiro atoms. The highest BCUT2D eigenvalue weighted by Crippen LogP contribution is 2.33. The molecule has 196 valence electrons. The van der Waals surface area contributed by atoms with Gasteiger partial charge < -0.3 is 19.0 Å². The van der Waals surface area contributed by atoms with Crippen LogP contribution in [0.2, 0.25) is 18.1 Å². The Balaban J connectivity index is 2.20. The van der Waals surface area contributed by atoms with Gasteiger partial charge in [-0.2, -0.15) is 0 Å². The molecule has 0 unspecified atom stereocenters. The summed E-state index contributed by atoms with van der Waals surface area (Å²) in [6, 6.07) is 23.9. The van der Waals surface area contributed by atoms with Crippen LogP contribution in [0.3, 0.4) is 0 Å². The van der Waals surface area contributed by atoms with E-state index in [0.29, 0.717) is 19.8 Å². The highest BCUT2D eigenvalue weighted by molar-refractivity contribution is 6.73. The minimum Gasteiger partial charge on any atom is -0.413 e. The number of hydrogen-bond donors (Lipinski definition) is 1. The Hall–Kier alpha value is -1.50. The van der Waals surface area contributed by atoms with Crippen LogP contribution in [-0.2, 0) is 27.1 Å². The largest absolute Gasteiger partial charge is 0.413 e. The molecular formula is C30H48O4Si. The summed E-state index contributed by atoms with van der Waals surface area (Å²) >= 11 is 0. The molecule has 5 heteroatoms. The molecule has 0 radical (unpaired) electrons. The number of aliphatic hydroxyl groups excluding tert-OH is 1. The van der Waals surface area contributed by atoms with Crippen molar-refractivity contribution in [2.45, 2.75) is 85.1 Å². The van der Waals surface area contributed by atoms with E-state index >= 15 is 0 Å². The van der Waals surface area contributed by atoms with Crippen LogP contribution >= 0.6 is 0 Å². The van der Waals surface area contributed by atoms with Crippen LogP contribution in [0.4, 0.5) is 0 Å². The molecule has 35 heavy (non-hydrogen) atoms. The summed E-state index contributed by atoms with van der Waals surface area (Å²) in [5.74, 6) is 0.338. The molecule has 0 amide bonds. The molecule has 0 heterocycles. The monoisotopic (exact) mass is 500 g/mol. The van der Waals surface area contributed by atoms with Gasteiger partial charge in [-0.3, -0.25) is 0 Å². The molecule has 0 aliphatic rings. The molecule has 1 N–H and O–H groups in total. The fourth-order valence-electron chi connectivity index (χ4n) is 4.95. The van der Waals surface area contributed by atoms with Crippen LogP contribution in [0.5, 0.6) is 0 Å². The molecule has 5 atom stereocenters. The third-order valence-electron chi connectivity index (χ3n) is 7.54. The summed E-state index contributed by atoms with van der Waals surface area (Å²) < 4.78 is 19.8. The normalized spacial score (nSPS) is 16.4. The van der Waals surface area contributed by atoms with Crippen molar-refractivity contribution in [3.05, 3.63) is 71.8 Å². The Labute approximate surface area is 215 Å². The molecule has 0 aromatic heterocycles. The Morgan fingerprint density at radius 3 is 1.71 bits per heavy atom. The summed E-state index contributed by atoms with van der Waals surface area (Å²) in [4.78, 5) is 0. The van der Waals surface area contributed by atoms with Gasteiger partial charge in [-0.25, -0.2) is 0 Å². The van der Waals surface area contributed by atoms with E-state index in [0.717, 1.165) is 23.7 Å². The van der Waals surface area contributed by atoms with Crippen molar-refractivity contribution in [2.24, 2.45) is 17.8 Å². The zero-order valence-electron chi connectivity index (χ0n) is 22.8. The maximum absolute atomic E-state index is 10.1. The molecule has 0 fully saturated rings. The average Bonchev–Trinajstić information content (AvgIpc) is 2.90. The first kappa shape index (κ1) is 29.7. The Morgan fingerprint density at radius 1 is 0.714 bits per heavy atom. The van der Waals surface area contributed by atoms with E-state index in [4.69, 9.17) is 13.9 Å². The van der Waals surface area contributed by atoms with E-state index in [1.165, 1.54) is 5.56 Å². The van der Waals surface area contributed by atoms with Crippen LogP contribution in [0, 0.1) is 17.8 Å². The number of benzene rings is 2. The van der Waals surface area contributed by atoms with Crippen LogP contribution in [-0.4, -0.2) is 38.8 Å². The highest BCUT2D eigenvalue weighted by atomic mass is 28.4. The van der Waals surface area contributed by atoms with Crippen molar-refractivity contribution in [3.63, 3.8) is 0 Å². The van der Waals surface area contributed by atoms with Gasteiger partial charge in [-0.15, -0.1) is 0 Å². The zero-order valence-corrected chi connectivity index (χ0v) is 23.8. The Kier molecular flexibility index (Phi) is 13.2. The highest BCUT2D eigenvalue weighted by Gasteiger charge is 2.40. The van der Waals surface area contributed by atoms with E-state index in [9.17, 15) is 5.11 Å². The lowest BCUT2D eigenvalue weighted by molar-refractivity contribution is -0.0921. The van der Waals surface area contributed by atoms with Crippen molar-refractivity contribution >= 4 is 8.32 Å². The van der Waals surface area contributed by atoms with Gasteiger partial charge in [0.1, 0.15) is 0 Å². The fraction of sp³-hybridized carbons (Fsp3) is 0.600. The van der Waals surface area contributed by atoms with Gasteiger partial charge in [-0.05, 0) is 29.3 Å². The van der Waals surface area contributed by atoms with Gasteiger partial charge in [0.25, 0.3) is 0 Å². The second-order valence-electron chi connectivity index (χ2n) is 10.1. The molecule has 0 saturated heterocycles. The van der Waals surface area contributed by atoms with E-state index in [2.05, 4.69) is 65.8 Å². The van der Waals surface area contributed by atoms with Crippen molar-refractivity contribution < 1.29 is 19.0 Å². The van der Waals surface area contributed by atoms with Crippen molar-refractivity contribution in [2.75, 3.05) is 13.2 Å². The average molecular weight is 501 g/mol. The topological polar surface area (TPSA) is 47.9 Å². The summed E-state index contributed by atoms with van der Waals surface area (Å²) in [6.45, 7) is 15.2. The number of rotatable bonds is 17. The number of ether oxygens (including phenoxy) is 2. The molecule has 2 aromatic carbocycles. The molecule has 0 bridgehead atoms. The standard InChI is InChI=1S/C30H48O4Si/c1-7-35(8-2,9-3)34-30(24(4)20-31)26(6)29(33-23-28-18-14-11-15-19-28)25(5)21-32-22-27-16-12-10-13-17-27/h10-19,24-26,29-31H,7-9,20-23H2,1-6H3/t24-,25-,26-,29-,30-/m0/s1. The molecule has 2 rings (SSSR count). The third-order valence-corrected chi connectivity index (χ3v) is 12.2. The summed E-state index contributed by atoms with van der Waals surface area (Å²) in [5.41, 5.74) is 2.34. The predicted octanol–water partition coefficient (Wildman–Crippen LogP) is 7.08. The first-order valence-electron chi connectivity index (χ1n) is 13.5. The van der Waals surface area contributed by atoms with Gasteiger partial charge in [-0.1, -0.05) is 102 Å². The molecule has 0 aliphatic heterocycles. The molecule has 4 nitrogen and oxygen atoms in total. The second kappa shape index (κ2) is 15.6. The van der Waals surface area contributed by atoms with Crippen molar-refractivity contribution in [3.8, 4) is 0 Å². The van der Waals surface area contributed by atoms with Crippen LogP contribution in [0.15, 0.2) is 60.7 Å². The third kappa shape index (κ3) is 9.14. The molecule has 0 saturated carbocycles. The van der Waals surface area contributed by atoms with Crippen LogP contribution < -0.4 is 0 Å². The van der Waals surface area contributed by atoms with E-state index in [-0.39, 0.29) is 36.6 Å². The first-order valence-corrected chi connectivity index (χ1v) is 16.0. The minimum absolute atomic E-state index is 0.0433. The number of hydrogen-bond acceptors (Lipinski definition) is 4. The summed E-state index contributed by atoms with van der Waals surface area (Å²) in [6.07, 6.45) is -0.105. The fourth-order valence-corrected chi connectivity index (χ4v) is 7.98. The van der Waals surface area contributed by atoms with Gasteiger partial charge in [0.05, 0.1) is 32.0 Å². The Bertz CT molecular complexity index is 788. The van der Waals surface area contributed by atoms with Gasteiger partial charge in [0.15, 0.2) is 8.32 Å². The van der Waals surface area contributed by atoms with E-state index in [1.54, 1.807) is 0 Å². The lowest BCUT2D eigenvalue weighted by Gasteiger charge is -2.42. The molecule has 2 aromatic rings. The Morgan fingerprint density at radius 2 is 1.23 bits per heavy atom. The van der Waals surface area contributed by atoms with Gasteiger partial charge in [0, 0.05) is 24.4 Å². The van der Waals surface area contributed by atoms with Crippen LogP contribution in [0.25, 0.3) is 0 Å². The van der Waals surface area contributed by atoms with Gasteiger partial charge >= 0.3 is 0 Å². The molecular weight excluding hydrogens is 452 g/mol. The number of aliphatic hydroxyl groups is 1. The van der Waals surface area contributed by atoms with Crippen molar-refractivity contribution in [1.82, 2.24) is 0 Å². The summed E-state index contributed by atoms with van der Waals surface area (Å²) in [5, 5.41) is 10.1. The van der Waals surface area contributed by atoms with E-state index in [1.807, 2.05) is 36.4 Å². The smallest absolute Gasteiger partial charge is 0.192 e. The second-order valence-corrected chi connectivity index (χ2v) is 14.8. The lowest BCUT2D eigenvalue weighted by Crippen LogP contribution is -2.49. The quantitative estimate of drug-likeness (QED) is 0.236. The summed E-state index contributed by atoms with van der Waals surface area (Å²) in [7, 11) is -1.86. The zero-order chi connectivity index (χ0) is 25.7. The van der Waals surface area contributed by atoms with Crippen molar-refractivity contribution in [1.29, 1.82) is 0 Å². The van der Waals surface area contributed by atoms with Crippen LogP contribution in [0.1, 0.15) is 52.7 Å². The van der Waals surface area contributed by atoms with Gasteiger partial charge in [0.2, 0.25) is 0 Å². The maximum Gasteiger partial charge on any atom is 0.192 e. The first-order chi connectivity index (χ1) is 16.9. The lowest BCUT2D eigenvalue weighted by atomic mass is 9.84. The SMILES string of the molecule is CC[Si](CC)(CC)O[C@H]([C@@H](C)[C@@H](OCc1ccccc1)[C@@H](C)COCc1ccccc1)[C@@H](C)CO. The van der Waals surface area contributed by atoms with E-state index < -0.39 is 8.32 Å². The predicted molar refractivity (Wildman–Crippen MR) is 148 cm³/mol. The maximum atomic E-state index is 10.1. The minimum atomic E-state index is -1.86. The molecule has 0 aliphatic carbocycles.